The summed E-state index contributed by atoms with van der Waals surface area (Å²) in [5, 5.41) is 0. The maximum absolute atomic E-state index is 2.51. The molecule has 50 heavy (non-hydrogen) atoms. The second kappa shape index (κ2) is 13.1. The molecule has 0 aromatic heterocycles. The van der Waals surface area contributed by atoms with Gasteiger partial charge in [-0.3, -0.25) is 0 Å². The first-order valence-electron chi connectivity index (χ1n) is 17.7. The maximum atomic E-state index is 2.51. The van der Waals surface area contributed by atoms with Gasteiger partial charge in [-0.1, -0.05) is 146 Å². The summed E-state index contributed by atoms with van der Waals surface area (Å²) in [4.78, 5) is 4.89. The van der Waals surface area contributed by atoms with Crippen LogP contribution in [0.15, 0.2) is 206 Å². The summed E-state index contributed by atoms with van der Waals surface area (Å²) in [6.07, 6.45) is 16.0. The molecule has 0 radical (unpaired) electrons. The summed E-state index contributed by atoms with van der Waals surface area (Å²) < 4.78 is 0. The smallest absolute Gasteiger partial charge is 0.0518 e. The third kappa shape index (κ3) is 5.59. The van der Waals surface area contributed by atoms with E-state index in [0.717, 1.165) is 29.9 Å². The lowest BCUT2D eigenvalue weighted by molar-refractivity contribution is 0.802. The van der Waals surface area contributed by atoms with Crippen molar-refractivity contribution in [1.82, 2.24) is 0 Å². The second-order valence-electron chi connectivity index (χ2n) is 13.3. The predicted octanol–water partition coefficient (Wildman–Crippen LogP) is 12.9. The highest BCUT2D eigenvalue weighted by Gasteiger charge is 2.36. The minimum atomic E-state index is 0.358. The Hall–Kier alpha value is -6.12. The van der Waals surface area contributed by atoms with Crippen LogP contribution in [0.3, 0.4) is 0 Å². The molecule has 0 saturated carbocycles. The van der Waals surface area contributed by atoms with Gasteiger partial charge < -0.3 is 9.80 Å². The number of benzene rings is 6. The van der Waals surface area contributed by atoms with Gasteiger partial charge in [-0.2, -0.15) is 0 Å². The molecule has 3 aliphatic rings. The Morgan fingerprint density at radius 2 is 1.12 bits per heavy atom. The summed E-state index contributed by atoms with van der Waals surface area (Å²) in [5.74, 6) is 0.720. The number of nitrogens with zero attached hydrogens (tertiary/aromatic N) is 2. The Labute approximate surface area is 295 Å². The van der Waals surface area contributed by atoms with Gasteiger partial charge in [-0.05, 0) is 94.8 Å². The van der Waals surface area contributed by atoms with E-state index < -0.39 is 0 Å². The normalized spacial score (nSPS) is 17.5. The number of hydrogen-bond donors (Lipinski definition) is 0. The Kier molecular flexibility index (Phi) is 7.83. The molecule has 1 aliphatic heterocycles. The molecule has 6 aromatic rings. The topological polar surface area (TPSA) is 6.48 Å². The lowest BCUT2D eigenvalue weighted by atomic mass is 9.90. The number of fused-ring (bicyclic) bond motifs is 3. The molecular formula is C48H38N2. The quantitative estimate of drug-likeness (QED) is 0.171. The number of anilines is 4. The predicted molar refractivity (Wildman–Crippen MR) is 210 cm³/mol. The first-order valence-corrected chi connectivity index (χ1v) is 17.7. The van der Waals surface area contributed by atoms with Crippen molar-refractivity contribution in [3.63, 3.8) is 0 Å². The van der Waals surface area contributed by atoms with Crippen LogP contribution in [0, 0.1) is 0 Å². The molecule has 2 unspecified atom stereocenters. The SMILES string of the molecule is C1=CCC2C(=C1)N(C1=CCC(c3ccc(-c4ccccc4)cc3)C=C1)c1cc(N(c3ccccc3)c3ccc(-c4ccccc4)cc3)ccc12. The minimum absolute atomic E-state index is 0.358. The molecule has 2 nitrogen and oxygen atoms in total. The fourth-order valence-corrected chi connectivity index (χ4v) is 7.75. The summed E-state index contributed by atoms with van der Waals surface area (Å²) >= 11 is 0. The molecule has 0 spiro atoms. The van der Waals surface area contributed by atoms with Crippen molar-refractivity contribution in [2.24, 2.45) is 0 Å². The summed E-state index contributed by atoms with van der Waals surface area (Å²) in [5.41, 5.74) is 15.0. The number of rotatable bonds is 7. The van der Waals surface area contributed by atoms with Crippen molar-refractivity contribution in [2.45, 2.75) is 24.7 Å². The number of para-hydroxylation sites is 1. The van der Waals surface area contributed by atoms with E-state index in [1.165, 1.54) is 50.5 Å². The molecular weight excluding hydrogens is 605 g/mol. The average molecular weight is 643 g/mol. The standard InChI is InChI=1S/C48H38N2/c1-4-12-35(13-5-1)37-20-22-38(23-21-37)40-26-30-43(31-27-40)50-47-19-11-10-18-45(47)46-33-32-44(34-48(46)50)49(41-16-8-3-9-17-41)42-28-24-39(25-29-42)36-14-6-2-7-15-36/h1-17,19-26,28-34,40,45H,18,27H2. The third-order valence-corrected chi connectivity index (χ3v) is 10.3. The van der Waals surface area contributed by atoms with Crippen LogP contribution in [0.5, 0.6) is 0 Å². The number of hydrogen-bond acceptors (Lipinski definition) is 2. The molecule has 0 saturated heterocycles. The fraction of sp³-hybridized carbons (Fsp3) is 0.0833. The molecule has 240 valence electrons. The molecule has 0 amide bonds. The molecule has 2 heteroatoms. The lowest BCUT2D eigenvalue weighted by Gasteiger charge is -2.30. The Morgan fingerprint density at radius 3 is 1.76 bits per heavy atom. The highest BCUT2D eigenvalue weighted by Crippen LogP contribution is 2.51. The van der Waals surface area contributed by atoms with Crippen LogP contribution in [0.1, 0.15) is 35.8 Å². The summed E-state index contributed by atoms with van der Waals surface area (Å²) in [6, 6.07) is 57.0. The van der Waals surface area contributed by atoms with E-state index in [-0.39, 0.29) is 0 Å². The van der Waals surface area contributed by atoms with Gasteiger partial charge in [0.05, 0.1) is 5.69 Å². The zero-order valence-electron chi connectivity index (χ0n) is 27.9. The molecule has 0 bridgehead atoms. The van der Waals surface area contributed by atoms with Gasteiger partial charge in [0.25, 0.3) is 0 Å². The van der Waals surface area contributed by atoms with E-state index in [1.807, 2.05) is 0 Å². The molecule has 2 aliphatic carbocycles. The Bertz CT molecular complexity index is 2240. The van der Waals surface area contributed by atoms with Gasteiger partial charge in [-0.25, -0.2) is 0 Å². The zero-order valence-corrected chi connectivity index (χ0v) is 27.9. The summed E-state index contributed by atoms with van der Waals surface area (Å²) in [6.45, 7) is 0. The van der Waals surface area contributed by atoms with Gasteiger partial charge >= 0.3 is 0 Å². The molecule has 9 rings (SSSR count). The minimum Gasteiger partial charge on any atom is -0.314 e. The van der Waals surface area contributed by atoms with Crippen LogP contribution in [-0.4, -0.2) is 0 Å². The fourth-order valence-electron chi connectivity index (χ4n) is 7.75. The second-order valence-corrected chi connectivity index (χ2v) is 13.3. The van der Waals surface area contributed by atoms with Gasteiger partial charge in [0.2, 0.25) is 0 Å². The van der Waals surface area contributed by atoms with E-state index in [9.17, 15) is 0 Å². The van der Waals surface area contributed by atoms with Crippen LogP contribution in [0.2, 0.25) is 0 Å². The van der Waals surface area contributed by atoms with E-state index in [2.05, 4.69) is 204 Å². The third-order valence-electron chi connectivity index (χ3n) is 10.3. The van der Waals surface area contributed by atoms with Crippen molar-refractivity contribution in [3.8, 4) is 22.3 Å². The van der Waals surface area contributed by atoms with Crippen LogP contribution in [0.4, 0.5) is 22.7 Å². The molecule has 6 aromatic carbocycles. The first-order chi connectivity index (χ1) is 24.8. The lowest BCUT2D eigenvalue weighted by Crippen LogP contribution is -2.20. The largest absolute Gasteiger partial charge is 0.314 e. The monoisotopic (exact) mass is 642 g/mol. The van der Waals surface area contributed by atoms with Crippen LogP contribution in [-0.2, 0) is 0 Å². The zero-order chi connectivity index (χ0) is 33.3. The molecule has 1 heterocycles. The van der Waals surface area contributed by atoms with Crippen molar-refractivity contribution in [2.75, 3.05) is 9.80 Å². The van der Waals surface area contributed by atoms with Crippen LogP contribution in [0.25, 0.3) is 22.3 Å². The van der Waals surface area contributed by atoms with E-state index >= 15 is 0 Å². The maximum Gasteiger partial charge on any atom is 0.0518 e. The van der Waals surface area contributed by atoms with Gasteiger partial charge in [0.1, 0.15) is 0 Å². The highest BCUT2D eigenvalue weighted by atomic mass is 15.2. The van der Waals surface area contributed by atoms with Gasteiger partial charge in [-0.15, -0.1) is 0 Å². The molecule has 2 atom stereocenters. The van der Waals surface area contributed by atoms with Crippen molar-refractivity contribution in [1.29, 1.82) is 0 Å². The Morgan fingerprint density at radius 1 is 0.540 bits per heavy atom. The highest BCUT2D eigenvalue weighted by molar-refractivity contribution is 5.84. The molecule has 0 fully saturated rings. The van der Waals surface area contributed by atoms with Gasteiger partial charge in [0, 0.05) is 40.3 Å². The summed E-state index contributed by atoms with van der Waals surface area (Å²) in [7, 11) is 0. The average Bonchev–Trinajstić information content (AvgIpc) is 3.53. The van der Waals surface area contributed by atoms with Gasteiger partial charge in [0.15, 0.2) is 0 Å². The first kappa shape index (κ1) is 30.0. The van der Waals surface area contributed by atoms with Crippen molar-refractivity contribution < 1.29 is 0 Å². The van der Waals surface area contributed by atoms with E-state index in [1.54, 1.807) is 0 Å². The van der Waals surface area contributed by atoms with E-state index in [4.69, 9.17) is 0 Å². The van der Waals surface area contributed by atoms with Crippen molar-refractivity contribution >= 4 is 22.7 Å². The Balaban J connectivity index is 1.05. The number of allylic oxidation sites excluding steroid dienone is 7. The molecule has 0 N–H and O–H groups in total. The van der Waals surface area contributed by atoms with Crippen LogP contribution < -0.4 is 9.80 Å². The van der Waals surface area contributed by atoms with Crippen molar-refractivity contribution in [3.05, 3.63) is 217 Å². The van der Waals surface area contributed by atoms with E-state index in [0.29, 0.717) is 11.8 Å². The van der Waals surface area contributed by atoms with Crippen LogP contribution >= 0.6 is 0 Å².